The van der Waals surface area contributed by atoms with Crippen LogP contribution >= 0.6 is 11.6 Å². The minimum atomic E-state index is -0.451. The van der Waals surface area contributed by atoms with E-state index in [0.717, 1.165) is 6.20 Å². The number of aromatic nitrogens is 1. The molecule has 13 heavy (non-hydrogen) atoms. The second kappa shape index (κ2) is 4.80. The highest BCUT2D eigenvalue weighted by Gasteiger charge is 1.99. The monoisotopic (exact) mass is 198 g/mol. The Morgan fingerprint density at radius 1 is 1.69 bits per heavy atom. The number of nitrogens with zero attached hydrogens (tertiary/aromatic N) is 1. The van der Waals surface area contributed by atoms with Crippen molar-refractivity contribution in [3.05, 3.63) is 28.8 Å². The van der Waals surface area contributed by atoms with Gasteiger partial charge in [-0.05, 0) is 13.1 Å². The molecule has 2 nitrogen and oxygen atoms in total. The molecule has 0 aliphatic heterocycles. The Hall–Kier alpha value is -1.11. The van der Waals surface area contributed by atoms with Crippen LogP contribution in [0.2, 0.25) is 5.15 Å². The zero-order chi connectivity index (χ0) is 9.68. The first-order chi connectivity index (χ1) is 6.24. The molecule has 0 amide bonds. The fraction of sp³-hybridized carbons (Fsp3) is 0.222. The molecule has 1 aromatic heterocycles. The maximum Gasteiger partial charge on any atom is 0.157 e. The molecule has 0 unspecified atom stereocenters. The van der Waals surface area contributed by atoms with E-state index in [1.807, 2.05) is 0 Å². The first-order valence-electron chi connectivity index (χ1n) is 3.68. The summed E-state index contributed by atoms with van der Waals surface area (Å²) >= 11 is 5.57. The Kier molecular flexibility index (Phi) is 3.69. The smallest absolute Gasteiger partial charge is 0.157 e. The third-order valence-electron chi connectivity index (χ3n) is 1.31. The van der Waals surface area contributed by atoms with Gasteiger partial charge in [0.25, 0.3) is 0 Å². The minimum absolute atomic E-state index is 0.246. The molecular formula is C9H8ClFN2. The number of pyridine rings is 1. The molecular weight excluding hydrogens is 191 g/mol. The lowest BCUT2D eigenvalue weighted by Crippen LogP contribution is -2.04. The van der Waals surface area contributed by atoms with E-state index in [4.69, 9.17) is 11.6 Å². The topological polar surface area (TPSA) is 24.9 Å². The van der Waals surface area contributed by atoms with Crippen LogP contribution in [0.3, 0.4) is 0 Å². The largest absolute Gasteiger partial charge is 0.309 e. The van der Waals surface area contributed by atoms with Gasteiger partial charge in [0.15, 0.2) is 5.82 Å². The fourth-order valence-corrected chi connectivity index (χ4v) is 0.895. The quantitative estimate of drug-likeness (QED) is 0.546. The van der Waals surface area contributed by atoms with Gasteiger partial charge in [0.05, 0.1) is 18.3 Å². The third kappa shape index (κ3) is 3.02. The molecule has 4 heteroatoms. The van der Waals surface area contributed by atoms with Gasteiger partial charge in [0, 0.05) is 0 Å². The molecule has 0 aliphatic rings. The molecule has 0 radical (unpaired) electrons. The standard InChI is InChI=1S/C9H8ClFN2/c1-12-4-2-3-7-5-9(10)13-6-8(7)11/h5-6,12H,4H2,1H3. The molecule has 0 atom stereocenters. The Balaban J connectivity index is 2.89. The van der Waals surface area contributed by atoms with Crippen LogP contribution < -0.4 is 5.32 Å². The number of hydrogen-bond donors (Lipinski definition) is 1. The number of nitrogens with one attached hydrogen (secondary N) is 1. The number of rotatable bonds is 1. The summed E-state index contributed by atoms with van der Waals surface area (Å²) in [5, 5.41) is 3.07. The zero-order valence-corrected chi connectivity index (χ0v) is 7.82. The molecule has 0 saturated carbocycles. The second-order valence-corrected chi connectivity index (χ2v) is 2.71. The Morgan fingerprint density at radius 3 is 3.15 bits per heavy atom. The Morgan fingerprint density at radius 2 is 2.46 bits per heavy atom. The highest BCUT2D eigenvalue weighted by atomic mass is 35.5. The van der Waals surface area contributed by atoms with Gasteiger partial charge in [-0.15, -0.1) is 0 Å². The van der Waals surface area contributed by atoms with E-state index < -0.39 is 5.82 Å². The van der Waals surface area contributed by atoms with E-state index in [9.17, 15) is 4.39 Å². The lowest BCUT2D eigenvalue weighted by molar-refractivity contribution is 0.618. The van der Waals surface area contributed by atoms with E-state index in [1.165, 1.54) is 6.07 Å². The molecule has 1 aromatic rings. The van der Waals surface area contributed by atoms with Gasteiger partial charge in [0.1, 0.15) is 5.15 Å². The van der Waals surface area contributed by atoms with Crippen LogP contribution in [0.25, 0.3) is 0 Å². The summed E-state index contributed by atoms with van der Waals surface area (Å²) in [6.45, 7) is 0.513. The van der Waals surface area contributed by atoms with Crippen molar-refractivity contribution < 1.29 is 4.39 Å². The SMILES string of the molecule is CNCC#Cc1cc(Cl)ncc1F. The summed E-state index contributed by atoms with van der Waals surface area (Å²) in [5.41, 5.74) is 0.273. The third-order valence-corrected chi connectivity index (χ3v) is 1.52. The van der Waals surface area contributed by atoms with Crippen molar-refractivity contribution in [2.75, 3.05) is 13.6 Å². The highest BCUT2D eigenvalue weighted by Crippen LogP contribution is 2.09. The van der Waals surface area contributed by atoms with Gasteiger partial charge in [-0.3, -0.25) is 0 Å². The van der Waals surface area contributed by atoms with Crippen LogP contribution in [0.15, 0.2) is 12.3 Å². The van der Waals surface area contributed by atoms with E-state index >= 15 is 0 Å². The van der Waals surface area contributed by atoms with Crippen LogP contribution in [0.5, 0.6) is 0 Å². The van der Waals surface area contributed by atoms with Crippen molar-refractivity contribution in [2.45, 2.75) is 0 Å². The summed E-state index contributed by atoms with van der Waals surface area (Å²) < 4.78 is 13.0. The van der Waals surface area contributed by atoms with Gasteiger partial charge in [-0.2, -0.15) is 0 Å². The predicted octanol–water partition coefficient (Wildman–Crippen LogP) is 1.45. The van der Waals surface area contributed by atoms with E-state index in [0.29, 0.717) is 6.54 Å². The van der Waals surface area contributed by atoms with E-state index in [1.54, 1.807) is 7.05 Å². The lowest BCUT2D eigenvalue weighted by Gasteiger charge is -1.93. The molecule has 1 rings (SSSR count). The molecule has 0 aromatic carbocycles. The molecule has 68 valence electrons. The van der Waals surface area contributed by atoms with Crippen LogP contribution in [0.1, 0.15) is 5.56 Å². The van der Waals surface area contributed by atoms with Crippen LogP contribution in [0.4, 0.5) is 4.39 Å². The van der Waals surface area contributed by atoms with E-state index in [-0.39, 0.29) is 10.7 Å². The van der Waals surface area contributed by atoms with Gasteiger partial charge in [-0.25, -0.2) is 9.37 Å². The summed E-state index contributed by atoms with van der Waals surface area (Å²) in [6.07, 6.45) is 1.06. The number of halogens is 2. The van der Waals surface area contributed by atoms with Crippen molar-refractivity contribution in [1.82, 2.24) is 10.3 Å². The molecule has 0 bridgehead atoms. The van der Waals surface area contributed by atoms with Gasteiger partial charge in [-0.1, -0.05) is 23.4 Å². The van der Waals surface area contributed by atoms with Crippen molar-refractivity contribution in [3.63, 3.8) is 0 Å². The van der Waals surface area contributed by atoms with Crippen LogP contribution in [0, 0.1) is 17.7 Å². The maximum absolute atomic E-state index is 13.0. The molecule has 1 heterocycles. The molecule has 0 fully saturated rings. The van der Waals surface area contributed by atoms with Crippen LogP contribution in [-0.4, -0.2) is 18.6 Å². The second-order valence-electron chi connectivity index (χ2n) is 2.32. The van der Waals surface area contributed by atoms with Crippen molar-refractivity contribution in [1.29, 1.82) is 0 Å². The van der Waals surface area contributed by atoms with Gasteiger partial charge >= 0.3 is 0 Å². The van der Waals surface area contributed by atoms with Crippen molar-refractivity contribution >= 4 is 11.6 Å². The maximum atomic E-state index is 13.0. The first-order valence-corrected chi connectivity index (χ1v) is 4.06. The average molecular weight is 199 g/mol. The highest BCUT2D eigenvalue weighted by molar-refractivity contribution is 6.29. The van der Waals surface area contributed by atoms with Gasteiger partial charge < -0.3 is 5.32 Å². The molecule has 1 N–H and O–H groups in total. The summed E-state index contributed by atoms with van der Waals surface area (Å²) in [4.78, 5) is 3.57. The minimum Gasteiger partial charge on any atom is -0.309 e. The van der Waals surface area contributed by atoms with Crippen LogP contribution in [-0.2, 0) is 0 Å². The summed E-state index contributed by atoms with van der Waals surface area (Å²) in [6, 6.07) is 1.40. The summed E-state index contributed by atoms with van der Waals surface area (Å²) in [7, 11) is 1.77. The normalized spacial score (nSPS) is 9.15. The molecule has 0 spiro atoms. The summed E-state index contributed by atoms with van der Waals surface area (Å²) in [5.74, 6) is 4.92. The van der Waals surface area contributed by atoms with Gasteiger partial charge in [0.2, 0.25) is 0 Å². The first kappa shape index (κ1) is 9.97. The Labute approximate surface area is 81.1 Å². The fourth-order valence-electron chi connectivity index (χ4n) is 0.737. The lowest BCUT2D eigenvalue weighted by atomic mass is 10.2. The predicted molar refractivity (Wildman–Crippen MR) is 50.0 cm³/mol. The average Bonchev–Trinajstić information content (AvgIpc) is 2.11. The van der Waals surface area contributed by atoms with Crippen molar-refractivity contribution in [3.8, 4) is 11.8 Å². The Bertz CT molecular complexity index is 354. The molecule has 0 aliphatic carbocycles. The van der Waals surface area contributed by atoms with Crippen molar-refractivity contribution in [2.24, 2.45) is 0 Å². The molecule has 0 saturated heterocycles. The van der Waals surface area contributed by atoms with E-state index in [2.05, 4.69) is 22.1 Å². The number of hydrogen-bond acceptors (Lipinski definition) is 2. The zero-order valence-electron chi connectivity index (χ0n) is 7.06.